The molecule has 0 saturated heterocycles. The minimum atomic E-state index is 0. The molecule has 198 valence electrons. The SMILES string of the molecule is Cn1c(-c2[c-]c3c(cc2)c2ccccc2n3-c2[c-]c(-c3ccccn3)ccc2)nc2ccc(-n3cccn3)cc21.[Pt+2]. The van der Waals surface area contributed by atoms with Gasteiger partial charge in [-0.2, -0.15) is 5.10 Å². The molecule has 0 aliphatic carbocycles. The maximum Gasteiger partial charge on any atom is 2.00 e. The molecular formula is C34H22N6Pt. The zero-order valence-electron chi connectivity index (χ0n) is 22.0. The van der Waals surface area contributed by atoms with E-state index >= 15 is 0 Å². The van der Waals surface area contributed by atoms with Crippen molar-refractivity contribution in [2.24, 2.45) is 7.05 Å². The molecule has 0 aliphatic rings. The molecule has 0 spiro atoms. The van der Waals surface area contributed by atoms with Crippen LogP contribution in [-0.4, -0.2) is 28.9 Å². The fourth-order valence-corrected chi connectivity index (χ4v) is 5.52. The standard InChI is InChI=1S/C34H22N6.Pt/c1-38-33-22-25(39-19-7-18-36-39)14-16-30(33)37-34(38)24-13-15-28-27-10-2-3-12-31(27)40(32(28)21-24)26-9-6-8-23(20-26)29-11-4-5-17-35-29;/h2-19,22H,1H3;/q-2;+2. The second kappa shape index (κ2) is 9.99. The Hall–Kier alpha value is -4.80. The Bertz CT molecular complexity index is 2170. The van der Waals surface area contributed by atoms with Gasteiger partial charge in [0.05, 0.1) is 22.5 Å². The fourth-order valence-electron chi connectivity index (χ4n) is 5.52. The van der Waals surface area contributed by atoms with Gasteiger partial charge >= 0.3 is 21.1 Å². The number of hydrogen-bond donors (Lipinski definition) is 0. The second-order valence-electron chi connectivity index (χ2n) is 9.77. The first-order chi connectivity index (χ1) is 19.7. The van der Waals surface area contributed by atoms with E-state index in [1.165, 1.54) is 5.39 Å². The van der Waals surface area contributed by atoms with E-state index in [9.17, 15) is 0 Å². The van der Waals surface area contributed by atoms with E-state index in [2.05, 4.69) is 93.0 Å². The fraction of sp³-hybridized carbons (Fsp3) is 0.0294. The summed E-state index contributed by atoms with van der Waals surface area (Å²) in [7, 11) is 2.05. The molecule has 8 aromatic rings. The molecule has 0 N–H and O–H groups in total. The van der Waals surface area contributed by atoms with Crippen LogP contribution < -0.4 is 0 Å². The summed E-state index contributed by atoms with van der Waals surface area (Å²) in [6, 6.07) is 40.4. The largest absolute Gasteiger partial charge is 2.00 e. The number of aromatic nitrogens is 6. The van der Waals surface area contributed by atoms with Crippen molar-refractivity contribution in [2.75, 3.05) is 0 Å². The topological polar surface area (TPSA) is 53.5 Å². The normalized spacial score (nSPS) is 11.3. The van der Waals surface area contributed by atoms with Crippen molar-refractivity contribution < 1.29 is 21.1 Å². The quantitative estimate of drug-likeness (QED) is 0.182. The summed E-state index contributed by atoms with van der Waals surface area (Å²) in [4.78, 5) is 9.54. The van der Waals surface area contributed by atoms with Gasteiger partial charge in [-0.05, 0) is 58.7 Å². The number of hydrogen-bond acceptors (Lipinski definition) is 3. The van der Waals surface area contributed by atoms with Crippen LogP contribution in [0.1, 0.15) is 0 Å². The van der Waals surface area contributed by atoms with Gasteiger partial charge in [-0.3, -0.25) is 4.98 Å². The van der Waals surface area contributed by atoms with Crippen LogP contribution in [0.5, 0.6) is 0 Å². The molecule has 41 heavy (non-hydrogen) atoms. The smallest absolute Gasteiger partial charge is 0.367 e. The second-order valence-corrected chi connectivity index (χ2v) is 9.77. The number of benzene rings is 4. The molecule has 4 aromatic carbocycles. The molecule has 7 heteroatoms. The van der Waals surface area contributed by atoms with Gasteiger partial charge in [0.1, 0.15) is 0 Å². The summed E-state index contributed by atoms with van der Waals surface area (Å²) in [5, 5.41) is 6.68. The molecule has 8 rings (SSSR count). The third-order valence-electron chi connectivity index (χ3n) is 7.42. The first kappa shape index (κ1) is 25.2. The number of aryl methyl sites for hydroxylation is 1. The number of para-hydroxylation sites is 1. The van der Waals surface area contributed by atoms with Crippen LogP contribution in [0.25, 0.3) is 66.9 Å². The van der Waals surface area contributed by atoms with Crippen molar-refractivity contribution in [3.05, 3.63) is 128 Å². The summed E-state index contributed by atoms with van der Waals surface area (Å²) >= 11 is 0. The van der Waals surface area contributed by atoms with Crippen molar-refractivity contribution in [2.45, 2.75) is 0 Å². The number of fused-ring (bicyclic) bond motifs is 4. The van der Waals surface area contributed by atoms with Crippen molar-refractivity contribution in [1.29, 1.82) is 0 Å². The summed E-state index contributed by atoms with van der Waals surface area (Å²) in [5.41, 5.74) is 8.76. The Labute approximate surface area is 250 Å². The van der Waals surface area contributed by atoms with Gasteiger partial charge < -0.3 is 14.1 Å². The van der Waals surface area contributed by atoms with Crippen molar-refractivity contribution in [3.63, 3.8) is 0 Å². The van der Waals surface area contributed by atoms with Crippen molar-refractivity contribution in [3.8, 4) is 34.0 Å². The predicted octanol–water partition coefficient (Wildman–Crippen LogP) is 7.18. The van der Waals surface area contributed by atoms with Gasteiger partial charge in [0.2, 0.25) is 0 Å². The molecule has 0 unspecified atom stereocenters. The Morgan fingerprint density at radius 3 is 2.46 bits per heavy atom. The van der Waals surface area contributed by atoms with Crippen LogP contribution >= 0.6 is 0 Å². The van der Waals surface area contributed by atoms with Gasteiger partial charge in [-0.1, -0.05) is 35.7 Å². The third kappa shape index (κ3) is 4.11. The molecule has 0 fully saturated rings. The molecule has 0 bridgehead atoms. The first-order valence-corrected chi connectivity index (χ1v) is 13.1. The third-order valence-corrected chi connectivity index (χ3v) is 7.42. The van der Waals surface area contributed by atoms with Crippen LogP contribution in [0.15, 0.2) is 116 Å². The molecule has 4 heterocycles. The Morgan fingerprint density at radius 1 is 0.707 bits per heavy atom. The van der Waals surface area contributed by atoms with Crippen LogP contribution in [0.4, 0.5) is 0 Å². The first-order valence-electron chi connectivity index (χ1n) is 13.1. The van der Waals surface area contributed by atoms with Gasteiger partial charge in [0, 0.05) is 31.2 Å². The van der Waals surface area contributed by atoms with Gasteiger partial charge in [0.25, 0.3) is 0 Å². The van der Waals surface area contributed by atoms with E-state index < -0.39 is 0 Å². The van der Waals surface area contributed by atoms with E-state index in [4.69, 9.17) is 4.98 Å². The van der Waals surface area contributed by atoms with E-state index in [1.54, 1.807) is 6.20 Å². The molecule has 6 nitrogen and oxygen atoms in total. The zero-order valence-corrected chi connectivity index (χ0v) is 24.2. The number of nitrogens with zero attached hydrogens (tertiary/aromatic N) is 6. The average Bonchev–Trinajstić information content (AvgIpc) is 3.74. The summed E-state index contributed by atoms with van der Waals surface area (Å²) in [6.45, 7) is 0. The molecular weight excluding hydrogens is 687 g/mol. The Kier molecular flexibility index (Phi) is 6.14. The maximum atomic E-state index is 5.00. The summed E-state index contributed by atoms with van der Waals surface area (Å²) < 4.78 is 6.22. The van der Waals surface area contributed by atoms with Crippen molar-refractivity contribution in [1.82, 2.24) is 28.9 Å². The molecule has 0 aliphatic heterocycles. The Balaban J connectivity index is 0.00000276. The van der Waals surface area contributed by atoms with Crippen molar-refractivity contribution >= 4 is 32.8 Å². The minimum absolute atomic E-state index is 0. The number of imidazole rings is 1. The molecule has 0 atom stereocenters. The van der Waals surface area contributed by atoms with E-state index in [1.807, 2.05) is 59.5 Å². The van der Waals surface area contributed by atoms with E-state index in [0.717, 1.165) is 61.5 Å². The van der Waals surface area contributed by atoms with E-state index in [0.29, 0.717) is 0 Å². The molecule has 0 radical (unpaired) electrons. The zero-order chi connectivity index (χ0) is 26.6. The number of pyridine rings is 1. The van der Waals surface area contributed by atoms with Crippen LogP contribution in [0, 0.1) is 12.1 Å². The molecule has 4 aromatic heterocycles. The minimum Gasteiger partial charge on any atom is -0.367 e. The maximum absolute atomic E-state index is 5.00. The van der Waals surface area contributed by atoms with Crippen LogP contribution in [0.3, 0.4) is 0 Å². The van der Waals surface area contributed by atoms with Gasteiger partial charge in [-0.15, -0.1) is 53.6 Å². The van der Waals surface area contributed by atoms with Crippen LogP contribution in [0.2, 0.25) is 0 Å². The van der Waals surface area contributed by atoms with Gasteiger partial charge in [0.15, 0.2) is 0 Å². The molecule has 0 amide bonds. The number of rotatable bonds is 4. The summed E-state index contributed by atoms with van der Waals surface area (Å²) in [5.74, 6) is 0.859. The van der Waals surface area contributed by atoms with E-state index in [-0.39, 0.29) is 21.1 Å². The average molecular weight is 710 g/mol. The predicted molar refractivity (Wildman–Crippen MR) is 159 cm³/mol. The Morgan fingerprint density at radius 2 is 1.61 bits per heavy atom. The monoisotopic (exact) mass is 709 g/mol. The summed E-state index contributed by atoms with van der Waals surface area (Å²) in [6.07, 6.45) is 5.54. The van der Waals surface area contributed by atoms with Gasteiger partial charge in [-0.25, -0.2) is 4.68 Å². The molecule has 0 saturated carbocycles. The van der Waals surface area contributed by atoms with Crippen LogP contribution in [-0.2, 0) is 28.1 Å².